The number of rotatable bonds is 9. The maximum absolute atomic E-state index is 12.2. The van der Waals surface area contributed by atoms with E-state index in [-0.39, 0.29) is 12.8 Å². The zero-order valence-electron chi connectivity index (χ0n) is 14.2. The van der Waals surface area contributed by atoms with Crippen LogP contribution >= 0.6 is 0 Å². The maximum Gasteiger partial charge on any atom is 0.322 e. The largest absolute Gasteiger partial charge is 0.481 e. The van der Waals surface area contributed by atoms with Crippen molar-refractivity contribution in [2.24, 2.45) is 5.92 Å². The van der Waals surface area contributed by atoms with Crippen molar-refractivity contribution in [1.29, 1.82) is 0 Å². The molecule has 2 aromatic rings. The van der Waals surface area contributed by atoms with Crippen LogP contribution in [-0.2, 0) is 20.8 Å². The molecule has 2 rings (SSSR count). The van der Waals surface area contributed by atoms with Gasteiger partial charge in [-0.05, 0) is 29.5 Å². The molecule has 6 heteroatoms. The third-order valence-electron chi connectivity index (χ3n) is 4.03. The van der Waals surface area contributed by atoms with Gasteiger partial charge in [-0.3, -0.25) is 14.4 Å². The highest BCUT2D eigenvalue weighted by molar-refractivity contribution is 5.83. The Bertz CT molecular complexity index is 756. The van der Waals surface area contributed by atoms with Gasteiger partial charge in [0.1, 0.15) is 6.54 Å². The maximum atomic E-state index is 12.2. The van der Waals surface area contributed by atoms with Crippen LogP contribution in [0.5, 0.6) is 0 Å². The molecule has 0 aliphatic heterocycles. The molecule has 0 bridgehead atoms. The SMILES string of the molecule is O=C(O)CC[C@H](Cc1ccc(-c2ccccc2)cc1)C(=O)NCC(=O)O. The van der Waals surface area contributed by atoms with Gasteiger partial charge in [-0.25, -0.2) is 0 Å². The molecule has 0 spiro atoms. The van der Waals surface area contributed by atoms with Crippen molar-refractivity contribution in [2.45, 2.75) is 19.3 Å². The summed E-state index contributed by atoms with van der Waals surface area (Å²) in [6.45, 7) is -0.477. The van der Waals surface area contributed by atoms with Crippen LogP contribution in [0.1, 0.15) is 18.4 Å². The van der Waals surface area contributed by atoms with Gasteiger partial charge in [-0.2, -0.15) is 0 Å². The topological polar surface area (TPSA) is 104 Å². The number of carbonyl (C=O) groups excluding carboxylic acids is 1. The lowest BCUT2D eigenvalue weighted by Crippen LogP contribution is -2.35. The van der Waals surface area contributed by atoms with Crippen molar-refractivity contribution in [2.75, 3.05) is 6.54 Å². The van der Waals surface area contributed by atoms with E-state index in [2.05, 4.69) is 5.32 Å². The minimum absolute atomic E-state index is 0.146. The summed E-state index contributed by atoms with van der Waals surface area (Å²) >= 11 is 0. The molecule has 0 heterocycles. The van der Waals surface area contributed by atoms with Crippen LogP contribution in [0.3, 0.4) is 0 Å². The first-order valence-electron chi connectivity index (χ1n) is 8.31. The lowest BCUT2D eigenvalue weighted by atomic mass is 9.92. The lowest BCUT2D eigenvalue weighted by molar-refractivity contribution is -0.140. The summed E-state index contributed by atoms with van der Waals surface area (Å²) in [5.41, 5.74) is 3.03. The van der Waals surface area contributed by atoms with Gasteiger partial charge in [0.25, 0.3) is 0 Å². The monoisotopic (exact) mass is 355 g/mol. The Morgan fingerprint density at radius 1 is 0.846 bits per heavy atom. The molecule has 6 nitrogen and oxygen atoms in total. The average Bonchev–Trinajstić information content (AvgIpc) is 2.64. The first-order chi connectivity index (χ1) is 12.5. The van der Waals surface area contributed by atoms with Gasteiger partial charge in [0.15, 0.2) is 0 Å². The standard InChI is InChI=1S/C20H21NO5/c22-18(23)11-10-17(20(26)21-13-19(24)25)12-14-6-8-16(9-7-14)15-4-2-1-3-5-15/h1-9,17H,10-13H2,(H,21,26)(H,22,23)(H,24,25)/t17-/m1/s1. The highest BCUT2D eigenvalue weighted by Gasteiger charge is 2.20. The van der Waals surface area contributed by atoms with E-state index in [0.717, 1.165) is 16.7 Å². The van der Waals surface area contributed by atoms with Crippen LogP contribution in [0.15, 0.2) is 54.6 Å². The molecule has 0 aliphatic carbocycles. The molecule has 0 saturated carbocycles. The number of carbonyl (C=O) groups is 3. The van der Waals surface area contributed by atoms with Crippen LogP contribution in [0.2, 0.25) is 0 Å². The van der Waals surface area contributed by atoms with Gasteiger partial charge in [0.05, 0.1) is 0 Å². The minimum Gasteiger partial charge on any atom is -0.481 e. The number of nitrogens with one attached hydrogen (secondary N) is 1. The van der Waals surface area contributed by atoms with Gasteiger partial charge in [-0.15, -0.1) is 0 Å². The number of aliphatic carboxylic acids is 2. The molecule has 26 heavy (non-hydrogen) atoms. The van der Waals surface area contributed by atoms with Gasteiger partial charge in [-0.1, -0.05) is 54.6 Å². The molecule has 1 atom stereocenters. The number of hydrogen-bond acceptors (Lipinski definition) is 3. The Balaban J connectivity index is 2.07. The number of hydrogen-bond donors (Lipinski definition) is 3. The molecular weight excluding hydrogens is 334 g/mol. The number of carboxylic acids is 2. The van der Waals surface area contributed by atoms with Crippen LogP contribution < -0.4 is 5.32 Å². The zero-order chi connectivity index (χ0) is 18.9. The smallest absolute Gasteiger partial charge is 0.322 e. The van der Waals surface area contributed by atoms with Crippen LogP contribution in [0, 0.1) is 5.92 Å². The first kappa shape index (κ1) is 19.2. The third-order valence-corrected chi connectivity index (χ3v) is 4.03. The van der Waals surface area contributed by atoms with Gasteiger partial charge < -0.3 is 15.5 Å². The fourth-order valence-electron chi connectivity index (χ4n) is 2.68. The van der Waals surface area contributed by atoms with E-state index in [1.54, 1.807) is 0 Å². The zero-order valence-corrected chi connectivity index (χ0v) is 14.2. The van der Waals surface area contributed by atoms with E-state index in [0.29, 0.717) is 6.42 Å². The Labute approximate surface area is 151 Å². The fourth-order valence-corrected chi connectivity index (χ4v) is 2.68. The first-order valence-corrected chi connectivity index (χ1v) is 8.31. The summed E-state index contributed by atoms with van der Waals surface area (Å²) in [7, 11) is 0. The molecule has 0 unspecified atom stereocenters. The van der Waals surface area contributed by atoms with Crippen molar-refractivity contribution in [3.63, 3.8) is 0 Å². The van der Waals surface area contributed by atoms with Crippen LogP contribution in [0.4, 0.5) is 0 Å². The summed E-state index contributed by atoms with van der Waals surface area (Å²) in [6.07, 6.45) is 0.363. The number of benzene rings is 2. The highest BCUT2D eigenvalue weighted by atomic mass is 16.4. The fraction of sp³-hybridized carbons (Fsp3) is 0.250. The minimum atomic E-state index is -1.14. The summed E-state index contributed by atoms with van der Waals surface area (Å²) in [6, 6.07) is 17.6. The molecule has 136 valence electrons. The van der Waals surface area contributed by atoms with Crippen molar-refractivity contribution >= 4 is 17.8 Å². The van der Waals surface area contributed by atoms with Gasteiger partial charge in [0, 0.05) is 12.3 Å². The van der Waals surface area contributed by atoms with E-state index in [9.17, 15) is 14.4 Å². The molecule has 0 fully saturated rings. The quantitative estimate of drug-likeness (QED) is 0.641. The second-order valence-electron chi connectivity index (χ2n) is 6.01. The van der Waals surface area contributed by atoms with Crippen LogP contribution in [-0.4, -0.2) is 34.6 Å². The molecule has 0 saturated heterocycles. The molecule has 3 N–H and O–H groups in total. The van der Waals surface area contributed by atoms with Crippen molar-refractivity contribution < 1.29 is 24.6 Å². The number of carboxylic acid groups (broad SMARTS) is 2. The molecule has 0 aliphatic rings. The molecule has 0 radical (unpaired) electrons. The second-order valence-corrected chi connectivity index (χ2v) is 6.01. The molecular formula is C20H21NO5. The molecule has 1 amide bonds. The summed E-state index contributed by atoms with van der Waals surface area (Å²) in [4.78, 5) is 33.6. The van der Waals surface area contributed by atoms with Gasteiger partial charge in [0.2, 0.25) is 5.91 Å². The Morgan fingerprint density at radius 3 is 2.04 bits per heavy atom. The number of amides is 1. The van der Waals surface area contributed by atoms with Crippen molar-refractivity contribution in [3.05, 3.63) is 60.2 Å². The summed E-state index contributed by atoms with van der Waals surface area (Å²) in [5, 5.41) is 19.9. The average molecular weight is 355 g/mol. The third kappa shape index (κ3) is 6.05. The second kappa shape index (κ2) is 9.36. The molecule has 0 aromatic heterocycles. The summed E-state index contributed by atoms with van der Waals surface area (Å²) in [5.74, 6) is -3.16. The van der Waals surface area contributed by atoms with E-state index in [4.69, 9.17) is 10.2 Å². The predicted molar refractivity (Wildman–Crippen MR) is 96.6 cm³/mol. The normalized spacial score (nSPS) is 11.5. The van der Waals surface area contributed by atoms with Crippen molar-refractivity contribution in [3.8, 4) is 11.1 Å². The predicted octanol–water partition coefficient (Wildman–Crippen LogP) is 2.58. The Morgan fingerprint density at radius 2 is 1.46 bits per heavy atom. The Hall–Kier alpha value is -3.15. The van der Waals surface area contributed by atoms with Crippen LogP contribution in [0.25, 0.3) is 11.1 Å². The highest BCUT2D eigenvalue weighted by Crippen LogP contribution is 2.21. The van der Waals surface area contributed by atoms with E-state index >= 15 is 0 Å². The van der Waals surface area contributed by atoms with Gasteiger partial charge >= 0.3 is 11.9 Å². The van der Waals surface area contributed by atoms with E-state index in [1.165, 1.54) is 0 Å². The lowest BCUT2D eigenvalue weighted by Gasteiger charge is -2.16. The summed E-state index contributed by atoms with van der Waals surface area (Å²) < 4.78 is 0. The van der Waals surface area contributed by atoms with E-state index < -0.39 is 30.3 Å². The van der Waals surface area contributed by atoms with E-state index in [1.807, 2.05) is 54.6 Å². The van der Waals surface area contributed by atoms with Crippen molar-refractivity contribution in [1.82, 2.24) is 5.32 Å². The Kier molecular flexibility index (Phi) is 6.91. The molecule has 2 aromatic carbocycles.